The van der Waals surface area contributed by atoms with Gasteiger partial charge in [0.15, 0.2) is 0 Å². The van der Waals surface area contributed by atoms with Crippen LogP contribution in [0.5, 0.6) is 0 Å². The molecule has 0 bridgehead atoms. The lowest BCUT2D eigenvalue weighted by atomic mass is 10.2. The summed E-state index contributed by atoms with van der Waals surface area (Å²) < 4.78 is 13.3. The fourth-order valence-electron chi connectivity index (χ4n) is 1.25. The zero-order chi connectivity index (χ0) is 13.1. The summed E-state index contributed by atoms with van der Waals surface area (Å²) in [5.41, 5.74) is 0.358. The van der Waals surface area contributed by atoms with Crippen LogP contribution in [0.15, 0.2) is 22.7 Å². The first-order valence-electron chi connectivity index (χ1n) is 5.19. The molecule has 0 aliphatic heterocycles. The molecule has 2 rings (SSSR count). The average Bonchev–Trinajstić information content (AvgIpc) is 2.80. The number of aryl methyl sites for hydroxylation is 1. The third-order valence-electron chi connectivity index (χ3n) is 2.17. The maximum absolute atomic E-state index is 13.0. The van der Waals surface area contributed by atoms with Gasteiger partial charge in [0.2, 0.25) is 5.13 Å². The minimum atomic E-state index is -0.407. The number of amides is 1. The average molecular weight is 330 g/mol. The van der Waals surface area contributed by atoms with E-state index in [0.29, 0.717) is 10.7 Å². The number of aromatic nitrogens is 2. The number of halogens is 2. The SMILES string of the molecule is CCc1nnc(NC(=O)c2ccc(F)c(Br)c2)s1. The van der Waals surface area contributed by atoms with Gasteiger partial charge in [0.1, 0.15) is 10.8 Å². The molecule has 0 radical (unpaired) electrons. The van der Waals surface area contributed by atoms with Crippen molar-refractivity contribution < 1.29 is 9.18 Å². The van der Waals surface area contributed by atoms with Gasteiger partial charge in [0, 0.05) is 5.56 Å². The fourth-order valence-corrected chi connectivity index (χ4v) is 2.31. The second kappa shape index (κ2) is 5.53. The summed E-state index contributed by atoms with van der Waals surface area (Å²) in [4.78, 5) is 11.9. The highest BCUT2D eigenvalue weighted by atomic mass is 79.9. The molecule has 1 aromatic carbocycles. The van der Waals surface area contributed by atoms with Crippen molar-refractivity contribution in [3.63, 3.8) is 0 Å². The lowest BCUT2D eigenvalue weighted by Crippen LogP contribution is -2.11. The number of rotatable bonds is 3. The molecule has 7 heteroatoms. The molecule has 1 N–H and O–H groups in total. The van der Waals surface area contributed by atoms with Crippen LogP contribution in [0.4, 0.5) is 9.52 Å². The Hall–Kier alpha value is -1.34. The van der Waals surface area contributed by atoms with Gasteiger partial charge in [-0.3, -0.25) is 10.1 Å². The molecule has 1 amide bonds. The van der Waals surface area contributed by atoms with Gasteiger partial charge in [-0.05, 0) is 40.5 Å². The summed E-state index contributed by atoms with van der Waals surface area (Å²) in [6, 6.07) is 4.07. The third-order valence-corrected chi connectivity index (χ3v) is 3.76. The predicted molar refractivity (Wildman–Crippen MR) is 71.3 cm³/mol. The molecule has 0 aliphatic carbocycles. The molecule has 0 aliphatic rings. The van der Waals surface area contributed by atoms with Crippen LogP contribution in [-0.4, -0.2) is 16.1 Å². The molecule has 0 atom stereocenters. The van der Waals surface area contributed by atoms with E-state index >= 15 is 0 Å². The molecule has 0 spiro atoms. The Kier molecular flexibility index (Phi) is 4.03. The number of benzene rings is 1. The Balaban J connectivity index is 2.14. The van der Waals surface area contributed by atoms with E-state index in [0.717, 1.165) is 11.4 Å². The highest BCUT2D eigenvalue weighted by Gasteiger charge is 2.11. The summed E-state index contributed by atoms with van der Waals surface area (Å²) in [5.74, 6) is -0.745. The standard InChI is InChI=1S/C11H9BrFN3OS/c1-2-9-15-16-11(18-9)14-10(17)6-3-4-8(13)7(12)5-6/h3-5H,2H2,1H3,(H,14,16,17). The minimum Gasteiger partial charge on any atom is -0.296 e. The molecule has 0 saturated heterocycles. The van der Waals surface area contributed by atoms with E-state index in [1.165, 1.54) is 29.5 Å². The first-order valence-corrected chi connectivity index (χ1v) is 6.80. The highest BCUT2D eigenvalue weighted by molar-refractivity contribution is 9.10. The van der Waals surface area contributed by atoms with E-state index in [9.17, 15) is 9.18 Å². The van der Waals surface area contributed by atoms with Crippen molar-refractivity contribution in [1.82, 2.24) is 10.2 Å². The number of nitrogens with zero attached hydrogens (tertiary/aromatic N) is 2. The zero-order valence-electron chi connectivity index (χ0n) is 9.41. The van der Waals surface area contributed by atoms with Crippen LogP contribution in [0.1, 0.15) is 22.3 Å². The van der Waals surface area contributed by atoms with Crippen LogP contribution in [0.25, 0.3) is 0 Å². The number of carbonyl (C=O) groups excluding carboxylic acids is 1. The maximum atomic E-state index is 13.0. The molecule has 4 nitrogen and oxygen atoms in total. The predicted octanol–water partition coefficient (Wildman–Crippen LogP) is 3.25. The number of hydrogen-bond acceptors (Lipinski definition) is 4. The van der Waals surface area contributed by atoms with E-state index < -0.39 is 5.82 Å². The third kappa shape index (κ3) is 2.91. The van der Waals surface area contributed by atoms with E-state index in [1.807, 2.05) is 6.92 Å². The van der Waals surface area contributed by atoms with Gasteiger partial charge in [0.05, 0.1) is 4.47 Å². The molecule has 18 heavy (non-hydrogen) atoms. The number of carbonyl (C=O) groups is 1. The van der Waals surface area contributed by atoms with E-state index in [1.54, 1.807) is 0 Å². The first-order chi connectivity index (χ1) is 8.60. The lowest BCUT2D eigenvalue weighted by molar-refractivity contribution is 0.102. The second-order valence-electron chi connectivity index (χ2n) is 3.44. The minimum absolute atomic E-state index is 0.252. The summed E-state index contributed by atoms with van der Waals surface area (Å²) >= 11 is 4.36. The van der Waals surface area contributed by atoms with Crippen molar-refractivity contribution >= 4 is 38.3 Å². The summed E-state index contributed by atoms with van der Waals surface area (Å²) in [7, 11) is 0. The zero-order valence-corrected chi connectivity index (χ0v) is 11.8. The summed E-state index contributed by atoms with van der Waals surface area (Å²) in [6.45, 7) is 1.96. The van der Waals surface area contributed by atoms with Crippen LogP contribution in [0, 0.1) is 5.82 Å². The normalized spacial score (nSPS) is 10.4. The maximum Gasteiger partial charge on any atom is 0.257 e. The Labute approximate surface area is 115 Å². The number of nitrogens with one attached hydrogen (secondary N) is 1. The van der Waals surface area contributed by atoms with Crippen molar-refractivity contribution in [2.24, 2.45) is 0 Å². The monoisotopic (exact) mass is 329 g/mol. The molecule has 0 fully saturated rings. The van der Waals surface area contributed by atoms with Gasteiger partial charge < -0.3 is 0 Å². The van der Waals surface area contributed by atoms with Gasteiger partial charge in [-0.2, -0.15) is 0 Å². The van der Waals surface area contributed by atoms with Crippen molar-refractivity contribution in [1.29, 1.82) is 0 Å². The Morgan fingerprint density at radius 1 is 1.50 bits per heavy atom. The Morgan fingerprint density at radius 3 is 2.89 bits per heavy atom. The van der Waals surface area contributed by atoms with Crippen molar-refractivity contribution in [3.05, 3.63) is 39.1 Å². The van der Waals surface area contributed by atoms with Gasteiger partial charge in [0.25, 0.3) is 5.91 Å². The summed E-state index contributed by atoms with van der Waals surface area (Å²) in [5, 5.41) is 11.7. The molecular weight excluding hydrogens is 321 g/mol. The first kappa shape index (κ1) is 13.1. The van der Waals surface area contributed by atoms with Crippen molar-refractivity contribution in [2.75, 3.05) is 5.32 Å². The number of anilines is 1. The Bertz CT molecular complexity index is 587. The highest BCUT2D eigenvalue weighted by Crippen LogP contribution is 2.19. The molecule has 1 aromatic heterocycles. The lowest BCUT2D eigenvalue weighted by Gasteiger charge is -2.02. The smallest absolute Gasteiger partial charge is 0.257 e. The fraction of sp³-hybridized carbons (Fsp3) is 0.182. The van der Waals surface area contributed by atoms with Crippen LogP contribution < -0.4 is 5.32 Å². The Morgan fingerprint density at radius 2 is 2.28 bits per heavy atom. The van der Waals surface area contributed by atoms with E-state index in [2.05, 4.69) is 31.4 Å². The van der Waals surface area contributed by atoms with Crippen molar-refractivity contribution in [2.45, 2.75) is 13.3 Å². The molecule has 1 heterocycles. The second-order valence-corrected chi connectivity index (χ2v) is 5.35. The topological polar surface area (TPSA) is 54.9 Å². The molecule has 94 valence electrons. The van der Waals surface area contributed by atoms with Crippen molar-refractivity contribution in [3.8, 4) is 0 Å². The van der Waals surface area contributed by atoms with E-state index in [4.69, 9.17) is 0 Å². The van der Waals surface area contributed by atoms with Gasteiger partial charge in [-0.1, -0.05) is 18.3 Å². The van der Waals surface area contributed by atoms with Gasteiger partial charge in [-0.25, -0.2) is 4.39 Å². The van der Waals surface area contributed by atoms with Gasteiger partial charge >= 0.3 is 0 Å². The van der Waals surface area contributed by atoms with Crippen LogP contribution in [-0.2, 0) is 6.42 Å². The van der Waals surface area contributed by atoms with Crippen LogP contribution in [0.2, 0.25) is 0 Å². The van der Waals surface area contributed by atoms with Crippen LogP contribution >= 0.6 is 27.3 Å². The molecular formula is C11H9BrFN3OS. The largest absolute Gasteiger partial charge is 0.296 e. The van der Waals surface area contributed by atoms with Gasteiger partial charge in [-0.15, -0.1) is 10.2 Å². The number of hydrogen-bond donors (Lipinski definition) is 1. The quantitative estimate of drug-likeness (QED) is 0.940. The van der Waals surface area contributed by atoms with Crippen LogP contribution in [0.3, 0.4) is 0 Å². The summed E-state index contributed by atoms with van der Waals surface area (Å²) in [6.07, 6.45) is 0.773. The molecule has 0 saturated carbocycles. The molecule has 0 unspecified atom stereocenters. The van der Waals surface area contributed by atoms with E-state index in [-0.39, 0.29) is 10.4 Å². The molecule has 2 aromatic rings.